The lowest BCUT2D eigenvalue weighted by atomic mass is 10.1. The number of pyridine rings is 1. The molecule has 1 aromatic heterocycles. The normalized spacial score (nSPS) is 16.2. The number of nitrogens with zero attached hydrogens (tertiary/aromatic N) is 3. The van der Waals surface area contributed by atoms with E-state index >= 15 is 0 Å². The predicted molar refractivity (Wildman–Crippen MR) is 121 cm³/mol. The number of hydrogen-bond acceptors (Lipinski definition) is 4. The molecule has 1 atom stereocenters. The third-order valence-corrected chi connectivity index (χ3v) is 5.94. The molecule has 0 radical (unpaired) electrons. The van der Waals surface area contributed by atoms with Crippen LogP contribution in [-0.2, 0) is 0 Å². The molecule has 1 fully saturated rings. The number of nitrogens with two attached hydrogens (primary N) is 1. The van der Waals surface area contributed by atoms with Crippen molar-refractivity contribution in [3.63, 3.8) is 0 Å². The number of piperazine rings is 1. The molecule has 9 heteroatoms. The molecule has 0 aliphatic carbocycles. The van der Waals surface area contributed by atoms with Gasteiger partial charge in [0.1, 0.15) is 0 Å². The Balaban J connectivity index is 1.64. The first kappa shape index (κ1) is 21.6. The van der Waals surface area contributed by atoms with Crippen molar-refractivity contribution < 1.29 is 19.5 Å². The van der Waals surface area contributed by atoms with Gasteiger partial charge in [-0.25, -0.2) is 9.78 Å². The summed E-state index contributed by atoms with van der Waals surface area (Å²) in [5.74, 6) is -0.694. The third kappa shape index (κ3) is 4.09. The van der Waals surface area contributed by atoms with Crippen LogP contribution in [0.3, 0.4) is 0 Å². The number of fused-ring (bicyclic) bond motifs is 1. The van der Waals surface area contributed by atoms with Crippen LogP contribution in [0.5, 0.6) is 0 Å². The second kappa shape index (κ2) is 8.47. The Hall–Kier alpha value is -3.65. The maximum atomic E-state index is 13.1. The molecule has 8 nitrogen and oxygen atoms in total. The fraction of sp³-hybridized carbons (Fsp3) is 0.217. The first-order valence-electron chi connectivity index (χ1n) is 10.0. The summed E-state index contributed by atoms with van der Waals surface area (Å²) in [7, 11) is 0. The van der Waals surface area contributed by atoms with E-state index in [0.29, 0.717) is 45.8 Å². The number of amides is 3. The summed E-state index contributed by atoms with van der Waals surface area (Å²) in [5, 5.41) is 10.4. The van der Waals surface area contributed by atoms with Crippen molar-refractivity contribution >= 4 is 40.4 Å². The maximum absolute atomic E-state index is 13.1. The molecule has 0 unspecified atom stereocenters. The molecule has 2 aromatic carbocycles. The Morgan fingerprint density at radius 3 is 2.38 bits per heavy atom. The molecule has 3 aromatic rings. The molecule has 4 rings (SSSR count). The number of aromatic nitrogens is 1. The highest BCUT2D eigenvalue weighted by Crippen LogP contribution is 2.29. The average Bonchev–Trinajstić information content (AvgIpc) is 2.77. The lowest BCUT2D eigenvalue weighted by Crippen LogP contribution is -2.55. The van der Waals surface area contributed by atoms with Crippen LogP contribution >= 0.6 is 11.6 Å². The fourth-order valence-corrected chi connectivity index (χ4v) is 4.14. The summed E-state index contributed by atoms with van der Waals surface area (Å²) in [6.07, 6.45) is -0.981. The van der Waals surface area contributed by atoms with Crippen molar-refractivity contribution in [3.05, 3.63) is 64.7 Å². The zero-order valence-corrected chi connectivity index (χ0v) is 18.0. The molecule has 0 spiro atoms. The van der Waals surface area contributed by atoms with Crippen LogP contribution in [-0.4, -0.2) is 63.5 Å². The SMILES string of the molecule is C[C@H]1CN(C(=O)c2ccc3c(Cl)cc(-c4ccc(C(N)=O)cc4)nc3c2)CCN1C(=O)O. The van der Waals surface area contributed by atoms with E-state index in [1.165, 1.54) is 4.90 Å². The Morgan fingerprint density at radius 1 is 1.06 bits per heavy atom. The Morgan fingerprint density at radius 2 is 1.75 bits per heavy atom. The first-order chi connectivity index (χ1) is 15.2. The number of rotatable bonds is 3. The standard InChI is InChI=1S/C23H21ClN4O4/c1-13-12-27(8-9-28(13)23(31)32)22(30)16-6-7-17-18(24)11-19(26-20(17)10-16)14-2-4-15(5-3-14)21(25)29/h2-7,10-11,13H,8-9,12H2,1H3,(H2,25,29)(H,31,32)/t13-/m0/s1. The maximum Gasteiger partial charge on any atom is 0.407 e. The van der Waals surface area contributed by atoms with Gasteiger partial charge in [0, 0.05) is 47.8 Å². The minimum Gasteiger partial charge on any atom is -0.465 e. The zero-order valence-electron chi connectivity index (χ0n) is 17.3. The van der Waals surface area contributed by atoms with Crippen LogP contribution in [0.25, 0.3) is 22.2 Å². The summed E-state index contributed by atoms with van der Waals surface area (Å²) in [6.45, 7) is 2.70. The van der Waals surface area contributed by atoms with Gasteiger partial charge in [0.2, 0.25) is 5.91 Å². The number of halogens is 1. The van der Waals surface area contributed by atoms with Gasteiger partial charge in [0.25, 0.3) is 5.91 Å². The third-order valence-electron chi connectivity index (χ3n) is 5.63. The van der Waals surface area contributed by atoms with Crippen molar-refractivity contribution in [2.45, 2.75) is 13.0 Å². The number of benzene rings is 2. The van der Waals surface area contributed by atoms with E-state index in [0.717, 1.165) is 5.56 Å². The van der Waals surface area contributed by atoms with E-state index < -0.39 is 12.0 Å². The van der Waals surface area contributed by atoms with Crippen LogP contribution in [0.2, 0.25) is 5.02 Å². The first-order valence-corrected chi connectivity index (χ1v) is 10.4. The van der Waals surface area contributed by atoms with Crippen LogP contribution in [0.15, 0.2) is 48.5 Å². The highest BCUT2D eigenvalue weighted by atomic mass is 35.5. The second-order valence-electron chi connectivity index (χ2n) is 7.74. The minimum atomic E-state index is -0.981. The molecule has 164 valence electrons. The van der Waals surface area contributed by atoms with E-state index in [1.54, 1.807) is 60.4 Å². The highest BCUT2D eigenvalue weighted by Gasteiger charge is 2.30. The van der Waals surface area contributed by atoms with Crippen LogP contribution in [0, 0.1) is 0 Å². The molecule has 3 amide bonds. The van der Waals surface area contributed by atoms with E-state index in [1.807, 2.05) is 0 Å². The summed E-state index contributed by atoms with van der Waals surface area (Å²) in [4.78, 5) is 43.3. The molecule has 32 heavy (non-hydrogen) atoms. The van der Waals surface area contributed by atoms with Crippen molar-refractivity contribution in [2.75, 3.05) is 19.6 Å². The van der Waals surface area contributed by atoms with Gasteiger partial charge in [-0.15, -0.1) is 0 Å². The van der Waals surface area contributed by atoms with Crippen molar-refractivity contribution in [3.8, 4) is 11.3 Å². The monoisotopic (exact) mass is 452 g/mol. The lowest BCUT2D eigenvalue weighted by Gasteiger charge is -2.38. The molecule has 1 aliphatic rings. The molecule has 1 saturated heterocycles. The molecule has 0 bridgehead atoms. The summed E-state index contributed by atoms with van der Waals surface area (Å²) < 4.78 is 0. The van der Waals surface area contributed by atoms with Gasteiger partial charge in [0.15, 0.2) is 0 Å². The number of carbonyl (C=O) groups is 3. The lowest BCUT2D eigenvalue weighted by molar-refractivity contribution is 0.0507. The zero-order chi connectivity index (χ0) is 23.0. The van der Waals surface area contributed by atoms with Gasteiger partial charge in [-0.2, -0.15) is 0 Å². The number of primary amides is 1. The van der Waals surface area contributed by atoms with Crippen LogP contribution in [0.4, 0.5) is 4.79 Å². The summed E-state index contributed by atoms with van der Waals surface area (Å²) in [6, 6.07) is 13.3. The van der Waals surface area contributed by atoms with Gasteiger partial charge in [-0.05, 0) is 37.3 Å². The number of carboxylic acid groups (broad SMARTS) is 1. The quantitative estimate of drug-likeness (QED) is 0.631. The molecule has 2 heterocycles. The Bertz CT molecular complexity index is 1230. The van der Waals surface area contributed by atoms with Gasteiger partial charge < -0.3 is 20.6 Å². The summed E-state index contributed by atoms with van der Waals surface area (Å²) in [5.41, 5.74) is 8.07. The number of carbonyl (C=O) groups excluding carboxylic acids is 2. The van der Waals surface area contributed by atoms with Crippen molar-refractivity contribution in [1.82, 2.24) is 14.8 Å². The average molecular weight is 453 g/mol. The predicted octanol–water partition coefficient (Wildman–Crippen LogP) is 3.48. The topological polar surface area (TPSA) is 117 Å². The van der Waals surface area contributed by atoms with Crippen molar-refractivity contribution in [1.29, 1.82) is 0 Å². The molecule has 3 N–H and O–H groups in total. The van der Waals surface area contributed by atoms with E-state index in [-0.39, 0.29) is 18.5 Å². The Labute approximate surface area is 189 Å². The van der Waals surface area contributed by atoms with Crippen LogP contribution < -0.4 is 5.73 Å². The van der Waals surface area contributed by atoms with Gasteiger partial charge in [-0.1, -0.05) is 29.8 Å². The van der Waals surface area contributed by atoms with E-state index in [4.69, 9.17) is 17.3 Å². The van der Waals surface area contributed by atoms with Gasteiger partial charge in [0.05, 0.1) is 16.2 Å². The van der Waals surface area contributed by atoms with Crippen LogP contribution in [0.1, 0.15) is 27.6 Å². The fourth-order valence-electron chi connectivity index (χ4n) is 3.88. The summed E-state index contributed by atoms with van der Waals surface area (Å²) >= 11 is 6.47. The van der Waals surface area contributed by atoms with E-state index in [2.05, 4.69) is 4.98 Å². The highest BCUT2D eigenvalue weighted by molar-refractivity contribution is 6.35. The van der Waals surface area contributed by atoms with Gasteiger partial charge in [-0.3, -0.25) is 9.59 Å². The van der Waals surface area contributed by atoms with Crippen molar-refractivity contribution in [2.24, 2.45) is 5.73 Å². The Kier molecular flexibility index (Phi) is 5.71. The molecule has 0 saturated carbocycles. The molecular formula is C23H21ClN4O4. The van der Waals surface area contributed by atoms with E-state index in [9.17, 15) is 19.5 Å². The minimum absolute atomic E-state index is 0.182. The molecule has 1 aliphatic heterocycles. The second-order valence-corrected chi connectivity index (χ2v) is 8.15. The smallest absolute Gasteiger partial charge is 0.407 e. The number of hydrogen-bond donors (Lipinski definition) is 2. The van der Waals surface area contributed by atoms with Gasteiger partial charge >= 0.3 is 6.09 Å². The largest absolute Gasteiger partial charge is 0.465 e. The molecular weight excluding hydrogens is 432 g/mol.